The zero-order valence-electron chi connectivity index (χ0n) is 21.1. The van der Waals surface area contributed by atoms with Gasteiger partial charge in [-0.25, -0.2) is 0 Å². The Bertz CT molecular complexity index is 1360. The van der Waals surface area contributed by atoms with E-state index in [1.807, 2.05) is 0 Å². The van der Waals surface area contributed by atoms with Crippen LogP contribution in [0, 0.1) is 11.8 Å². The van der Waals surface area contributed by atoms with E-state index in [0.717, 1.165) is 0 Å². The molecule has 0 heterocycles. The Morgan fingerprint density at radius 3 is 2.39 bits per heavy atom. The molecule has 0 bridgehead atoms. The summed E-state index contributed by atoms with van der Waals surface area (Å²) in [4.78, 5) is 64.5. The minimum atomic E-state index is -2.73. The molecule has 0 spiro atoms. The fourth-order valence-corrected chi connectivity index (χ4v) is 5.99. The molecule has 0 radical (unpaired) electrons. The molecule has 3 aliphatic rings. The molecule has 7 N–H and O–H groups in total. The van der Waals surface area contributed by atoms with E-state index in [2.05, 4.69) is 5.32 Å². The van der Waals surface area contributed by atoms with Crippen LogP contribution in [0.4, 0.5) is 0 Å². The third kappa shape index (κ3) is 3.87. The number of benzene rings is 1. The Morgan fingerprint density at radius 1 is 1.16 bits per heavy atom. The van der Waals surface area contributed by atoms with Gasteiger partial charge in [0, 0.05) is 36.9 Å². The number of nitrogens with zero attached hydrogens (tertiary/aromatic N) is 1. The van der Waals surface area contributed by atoms with Gasteiger partial charge in [0.1, 0.15) is 22.8 Å². The normalized spacial score (nSPS) is 26.6. The lowest BCUT2D eigenvalue weighted by atomic mass is 9.57. The Hall–Kier alpha value is -4.03. The number of Topliss-reactive ketones (excluding diaryl/α,β-unsaturated/α-hetero) is 3. The summed E-state index contributed by atoms with van der Waals surface area (Å²) in [7, 11) is 3.02. The van der Waals surface area contributed by atoms with E-state index < -0.39 is 63.8 Å². The maximum atomic E-state index is 13.8. The van der Waals surface area contributed by atoms with Crippen molar-refractivity contribution < 1.29 is 44.4 Å². The lowest BCUT2D eigenvalue weighted by Crippen LogP contribution is -2.65. The number of aromatic hydroxyl groups is 1. The SMILES string of the molecule is CC(=O)NCCC(=O)c1ccc(O)c2c1C[C@H]1C[C@H]3[C@H](N(C)C)C(=O)C(C(N)=O)=C(O)[C@@]3(O)C(=O)C1=C2O. The van der Waals surface area contributed by atoms with Gasteiger partial charge in [-0.05, 0) is 50.6 Å². The minimum absolute atomic E-state index is 0.00412. The van der Waals surface area contributed by atoms with E-state index in [0.29, 0.717) is 0 Å². The lowest BCUT2D eigenvalue weighted by Gasteiger charge is -2.50. The van der Waals surface area contributed by atoms with Crippen LogP contribution in [-0.2, 0) is 25.6 Å². The lowest BCUT2D eigenvalue weighted by molar-refractivity contribution is -0.153. The molecule has 0 unspecified atom stereocenters. The highest BCUT2D eigenvalue weighted by atomic mass is 16.3. The van der Waals surface area contributed by atoms with Gasteiger partial charge in [-0.15, -0.1) is 0 Å². The van der Waals surface area contributed by atoms with Crippen LogP contribution < -0.4 is 11.1 Å². The summed E-state index contributed by atoms with van der Waals surface area (Å²) in [5.74, 6) is -8.20. The van der Waals surface area contributed by atoms with Crippen molar-refractivity contribution in [2.75, 3.05) is 20.6 Å². The largest absolute Gasteiger partial charge is 0.508 e. The van der Waals surface area contributed by atoms with E-state index in [4.69, 9.17) is 5.73 Å². The smallest absolute Gasteiger partial charge is 0.255 e. The number of nitrogens with two attached hydrogens (primary N) is 1. The second-order valence-corrected chi connectivity index (χ2v) is 10.1. The van der Waals surface area contributed by atoms with Crippen molar-refractivity contribution in [3.63, 3.8) is 0 Å². The standard InChI is InChI=1S/C26H29N3O9/c1-10(30)28-7-6-15(31)12-4-5-16(32)18-13(12)8-11-9-14-20(29(2)3)22(34)19(25(27)37)24(36)26(14,38)23(35)17(11)21(18)33/h4-5,11,14,20,32-33,36,38H,6-9H2,1-3H3,(H2,27,37)(H,28,30)/t11-,14-,20-,26-/m0/s1. The number of likely N-dealkylation sites (N-methyl/N-ethyl adjacent to an activating group) is 1. The first kappa shape index (κ1) is 27.0. The molecule has 12 heteroatoms. The number of amides is 2. The number of nitrogens with one attached hydrogen (secondary N) is 1. The van der Waals surface area contributed by atoms with Crippen LogP contribution >= 0.6 is 0 Å². The quantitative estimate of drug-likeness (QED) is 0.210. The molecule has 1 aromatic carbocycles. The predicted molar refractivity (Wildman–Crippen MR) is 132 cm³/mol. The fourth-order valence-electron chi connectivity index (χ4n) is 5.99. The average molecular weight is 528 g/mol. The summed E-state index contributed by atoms with van der Waals surface area (Å²) in [5.41, 5.74) is 1.70. The van der Waals surface area contributed by atoms with E-state index in [1.54, 1.807) is 0 Å². The second kappa shape index (κ2) is 9.37. The van der Waals surface area contributed by atoms with Gasteiger partial charge in [0.25, 0.3) is 5.91 Å². The summed E-state index contributed by atoms with van der Waals surface area (Å²) in [6, 6.07) is 1.38. The highest BCUT2D eigenvalue weighted by Crippen LogP contribution is 2.52. The zero-order chi connectivity index (χ0) is 28.3. The molecule has 2 amide bonds. The van der Waals surface area contributed by atoms with Crippen molar-refractivity contribution in [2.45, 2.75) is 37.8 Å². The first-order valence-corrected chi connectivity index (χ1v) is 12.0. The van der Waals surface area contributed by atoms with Crippen LogP contribution in [0.5, 0.6) is 5.75 Å². The number of carbonyl (C=O) groups is 5. The van der Waals surface area contributed by atoms with Crippen molar-refractivity contribution in [3.05, 3.63) is 45.7 Å². The van der Waals surface area contributed by atoms with Crippen LogP contribution in [-0.4, -0.2) is 86.8 Å². The molecule has 0 aliphatic heterocycles. The average Bonchev–Trinajstić information content (AvgIpc) is 2.80. The van der Waals surface area contributed by atoms with E-state index in [1.165, 1.54) is 38.1 Å². The van der Waals surface area contributed by atoms with Crippen molar-refractivity contribution in [1.82, 2.24) is 10.2 Å². The van der Waals surface area contributed by atoms with Crippen LogP contribution in [0.1, 0.15) is 41.3 Å². The predicted octanol–water partition coefficient (Wildman–Crippen LogP) is -0.327. The van der Waals surface area contributed by atoms with Crippen LogP contribution in [0.25, 0.3) is 5.76 Å². The summed E-state index contributed by atoms with van der Waals surface area (Å²) >= 11 is 0. The van der Waals surface area contributed by atoms with Gasteiger partial charge in [-0.1, -0.05) is 0 Å². The van der Waals surface area contributed by atoms with Crippen LogP contribution in [0.3, 0.4) is 0 Å². The molecular formula is C26H29N3O9. The zero-order valence-corrected chi connectivity index (χ0v) is 21.1. The molecule has 1 fully saturated rings. The highest BCUT2D eigenvalue weighted by Gasteiger charge is 2.64. The first-order chi connectivity index (χ1) is 17.7. The Labute approximate surface area is 217 Å². The topological polar surface area (TPSA) is 208 Å². The molecule has 0 aromatic heterocycles. The Kier molecular flexibility index (Phi) is 6.66. The van der Waals surface area contributed by atoms with Crippen molar-refractivity contribution >= 4 is 34.9 Å². The van der Waals surface area contributed by atoms with Gasteiger partial charge in [0.2, 0.25) is 11.7 Å². The molecule has 12 nitrogen and oxygen atoms in total. The fraction of sp³-hybridized carbons (Fsp3) is 0.423. The van der Waals surface area contributed by atoms with Gasteiger partial charge >= 0.3 is 0 Å². The minimum Gasteiger partial charge on any atom is -0.508 e. The number of ketones is 3. The third-order valence-corrected chi connectivity index (χ3v) is 7.63. The maximum absolute atomic E-state index is 13.8. The van der Waals surface area contributed by atoms with Crippen LogP contribution in [0.15, 0.2) is 29.0 Å². The molecule has 1 saturated carbocycles. The van der Waals surface area contributed by atoms with Crippen molar-refractivity contribution in [3.8, 4) is 5.75 Å². The van der Waals surface area contributed by atoms with Gasteiger partial charge in [0.15, 0.2) is 17.2 Å². The summed E-state index contributed by atoms with van der Waals surface area (Å²) in [6.07, 6.45) is -0.128. The molecule has 3 aliphatic carbocycles. The number of aliphatic hydroxyl groups is 3. The highest BCUT2D eigenvalue weighted by molar-refractivity contribution is 6.24. The molecule has 4 atom stereocenters. The monoisotopic (exact) mass is 527 g/mol. The van der Waals surface area contributed by atoms with Gasteiger partial charge in [-0.2, -0.15) is 0 Å². The number of carbonyl (C=O) groups excluding carboxylic acids is 5. The first-order valence-electron chi connectivity index (χ1n) is 12.0. The molecule has 38 heavy (non-hydrogen) atoms. The third-order valence-electron chi connectivity index (χ3n) is 7.63. The van der Waals surface area contributed by atoms with E-state index >= 15 is 0 Å². The molecule has 0 saturated heterocycles. The molecular weight excluding hydrogens is 498 g/mol. The Balaban J connectivity index is 1.87. The molecule has 1 aromatic rings. The van der Waals surface area contributed by atoms with Gasteiger partial charge < -0.3 is 31.5 Å². The van der Waals surface area contributed by atoms with Crippen molar-refractivity contribution in [2.24, 2.45) is 17.6 Å². The molecule has 4 rings (SSSR count). The maximum Gasteiger partial charge on any atom is 0.255 e. The summed E-state index contributed by atoms with van der Waals surface area (Å²) in [6.45, 7) is 1.39. The number of phenolic OH excluding ortho intramolecular Hbond substituents is 1. The van der Waals surface area contributed by atoms with E-state index in [-0.39, 0.29) is 59.8 Å². The number of phenols is 1. The van der Waals surface area contributed by atoms with Gasteiger partial charge in [0.05, 0.1) is 11.6 Å². The Morgan fingerprint density at radius 2 is 1.82 bits per heavy atom. The number of hydrogen-bond donors (Lipinski definition) is 6. The number of primary amides is 1. The second-order valence-electron chi connectivity index (χ2n) is 10.1. The number of hydrogen-bond acceptors (Lipinski definition) is 10. The number of fused-ring (bicyclic) bond motifs is 3. The summed E-state index contributed by atoms with van der Waals surface area (Å²) in [5, 5.41) is 46.7. The van der Waals surface area contributed by atoms with Crippen molar-refractivity contribution in [1.29, 1.82) is 0 Å². The molecule has 202 valence electrons. The van der Waals surface area contributed by atoms with Crippen LogP contribution in [0.2, 0.25) is 0 Å². The van der Waals surface area contributed by atoms with Gasteiger partial charge in [-0.3, -0.25) is 28.9 Å². The number of rotatable bonds is 6. The number of aliphatic hydroxyl groups excluding tert-OH is 2. The van der Waals surface area contributed by atoms with E-state index in [9.17, 15) is 44.4 Å². The summed E-state index contributed by atoms with van der Waals surface area (Å²) < 4.78 is 0.